The molecule has 6 heteroatoms. The van der Waals surface area contributed by atoms with Crippen molar-refractivity contribution in [3.8, 4) is 0 Å². The third-order valence-corrected chi connectivity index (χ3v) is 4.68. The second kappa shape index (κ2) is 11.7. The number of aliphatic imine (C=N–C) groups is 1. The van der Waals surface area contributed by atoms with Crippen LogP contribution in [-0.2, 0) is 4.74 Å². The number of rotatable bonds is 5. The second-order valence-corrected chi connectivity index (χ2v) is 6.55. The minimum Gasteiger partial charge on any atom is -0.379 e. The lowest BCUT2D eigenvalue weighted by Gasteiger charge is -2.30. The molecule has 2 aliphatic heterocycles. The highest BCUT2D eigenvalue weighted by Gasteiger charge is 2.15. The maximum atomic E-state index is 5.40. The number of guanidine groups is 1. The minimum absolute atomic E-state index is 0. The van der Waals surface area contributed by atoms with E-state index in [1.165, 1.54) is 19.3 Å². The molecule has 1 aromatic rings. The molecule has 0 atom stereocenters. The Kier molecular flexibility index (Phi) is 9.57. The molecule has 0 spiro atoms. The predicted molar refractivity (Wildman–Crippen MR) is 115 cm³/mol. The molecule has 0 unspecified atom stereocenters. The summed E-state index contributed by atoms with van der Waals surface area (Å²) >= 11 is 0. The monoisotopic (exact) mass is 458 g/mol. The molecular formula is C19H31IN4O. The van der Waals surface area contributed by atoms with E-state index >= 15 is 0 Å². The fourth-order valence-electron chi connectivity index (χ4n) is 3.28. The van der Waals surface area contributed by atoms with Gasteiger partial charge in [-0.2, -0.15) is 0 Å². The van der Waals surface area contributed by atoms with Crippen LogP contribution in [0.4, 0.5) is 5.69 Å². The van der Waals surface area contributed by atoms with Crippen LogP contribution in [0.5, 0.6) is 0 Å². The average molecular weight is 458 g/mol. The van der Waals surface area contributed by atoms with Crippen molar-refractivity contribution >= 4 is 35.6 Å². The van der Waals surface area contributed by atoms with Gasteiger partial charge in [-0.05, 0) is 37.8 Å². The largest absolute Gasteiger partial charge is 0.379 e. The van der Waals surface area contributed by atoms with Gasteiger partial charge in [0.15, 0.2) is 5.96 Å². The van der Waals surface area contributed by atoms with Crippen LogP contribution in [0, 0.1) is 0 Å². The summed E-state index contributed by atoms with van der Waals surface area (Å²) < 4.78 is 5.40. The topological polar surface area (TPSA) is 40.1 Å². The van der Waals surface area contributed by atoms with Crippen LogP contribution in [0.2, 0.25) is 0 Å². The molecule has 0 saturated carbocycles. The number of halogens is 1. The SMILES string of the molecule is I.c1ccc(NC(=NCCCN2CCOCC2)N2CCCCC2)cc1. The van der Waals surface area contributed by atoms with Gasteiger partial charge in [-0.1, -0.05) is 18.2 Å². The molecule has 2 heterocycles. The summed E-state index contributed by atoms with van der Waals surface area (Å²) in [4.78, 5) is 9.78. The number of morpholine rings is 1. The van der Waals surface area contributed by atoms with Gasteiger partial charge in [-0.3, -0.25) is 9.89 Å². The number of benzene rings is 1. The van der Waals surface area contributed by atoms with Gasteiger partial charge in [-0.15, -0.1) is 24.0 Å². The van der Waals surface area contributed by atoms with Gasteiger partial charge in [-0.25, -0.2) is 0 Å². The number of para-hydroxylation sites is 1. The molecule has 0 aromatic heterocycles. The Morgan fingerprint density at radius 1 is 1.00 bits per heavy atom. The van der Waals surface area contributed by atoms with Crippen molar-refractivity contribution in [2.24, 2.45) is 4.99 Å². The van der Waals surface area contributed by atoms with E-state index in [-0.39, 0.29) is 24.0 Å². The fraction of sp³-hybridized carbons (Fsp3) is 0.632. The Bertz CT molecular complexity index is 499. The molecule has 0 amide bonds. The number of anilines is 1. The number of ether oxygens (including phenoxy) is 1. The predicted octanol–water partition coefficient (Wildman–Crippen LogP) is 3.28. The van der Waals surface area contributed by atoms with Crippen LogP contribution in [0.25, 0.3) is 0 Å². The smallest absolute Gasteiger partial charge is 0.198 e. The van der Waals surface area contributed by atoms with Gasteiger partial charge < -0.3 is 15.0 Å². The normalized spacial score (nSPS) is 19.4. The number of hydrogen-bond donors (Lipinski definition) is 1. The standard InChI is InChI=1S/C19H30N4O.HI/c1-3-8-18(9-4-1)21-19(23-12-5-2-6-13-23)20-10-7-11-22-14-16-24-17-15-22;/h1,3-4,8-9H,2,5-7,10-17H2,(H,20,21);1H. The van der Waals surface area contributed by atoms with Gasteiger partial charge in [0.05, 0.1) is 13.2 Å². The highest BCUT2D eigenvalue weighted by Crippen LogP contribution is 2.12. The van der Waals surface area contributed by atoms with Crippen molar-refractivity contribution in [1.29, 1.82) is 0 Å². The van der Waals surface area contributed by atoms with Crippen molar-refractivity contribution in [3.05, 3.63) is 30.3 Å². The van der Waals surface area contributed by atoms with Crippen LogP contribution in [0.15, 0.2) is 35.3 Å². The summed E-state index contributed by atoms with van der Waals surface area (Å²) in [5.74, 6) is 1.04. The first-order valence-electron chi connectivity index (χ1n) is 9.33. The molecule has 140 valence electrons. The van der Waals surface area contributed by atoms with Crippen LogP contribution >= 0.6 is 24.0 Å². The first kappa shape index (κ1) is 20.5. The first-order valence-corrected chi connectivity index (χ1v) is 9.33. The van der Waals surface area contributed by atoms with Crippen LogP contribution in [-0.4, -0.2) is 68.2 Å². The zero-order valence-electron chi connectivity index (χ0n) is 15.0. The van der Waals surface area contributed by atoms with Crippen LogP contribution in [0.1, 0.15) is 25.7 Å². The summed E-state index contributed by atoms with van der Waals surface area (Å²) in [5.41, 5.74) is 1.12. The number of nitrogens with zero attached hydrogens (tertiary/aromatic N) is 3. The molecule has 1 N–H and O–H groups in total. The van der Waals surface area contributed by atoms with Gasteiger partial charge in [0.25, 0.3) is 0 Å². The van der Waals surface area contributed by atoms with E-state index in [1.54, 1.807) is 0 Å². The molecule has 0 bridgehead atoms. The second-order valence-electron chi connectivity index (χ2n) is 6.55. The maximum absolute atomic E-state index is 5.40. The van der Waals surface area contributed by atoms with E-state index in [1.807, 2.05) is 6.07 Å². The number of piperidine rings is 1. The lowest BCUT2D eigenvalue weighted by Crippen LogP contribution is -2.40. The van der Waals surface area contributed by atoms with Crippen LogP contribution in [0.3, 0.4) is 0 Å². The number of likely N-dealkylation sites (tertiary alicyclic amines) is 1. The molecule has 5 nitrogen and oxygen atoms in total. The maximum Gasteiger partial charge on any atom is 0.198 e. The number of nitrogens with one attached hydrogen (secondary N) is 1. The van der Waals surface area contributed by atoms with Crippen molar-refractivity contribution in [2.45, 2.75) is 25.7 Å². The van der Waals surface area contributed by atoms with E-state index in [4.69, 9.17) is 9.73 Å². The van der Waals surface area contributed by atoms with Gasteiger partial charge in [0.2, 0.25) is 0 Å². The van der Waals surface area contributed by atoms with Crippen molar-refractivity contribution < 1.29 is 4.74 Å². The lowest BCUT2D eigenvalue weighted by atomic mass is 10.1. The van der Waals surface area contributed by atoms with Crippen molar-refractivity contribution in [1.82, 2.24) is 9.80 Å². The number of hydrogen-bond acceptors (Lipinski definition) is 3. The lowest BCUT2D eigenvalue weighted by molar-refractivity contribution is 0.0377. The first-order chi connectivity index (χ1) is 11.9. The molecule has 1 aromatic carbocycles. The Morgan fingerprint density at radius 3 is 2.44 bits per heavy atom. The third-order valence-electron chi connectivity index (χ3n) is 4.68. The Hall–Kier alpha value is -0.860. The molecule has 2 aliphatic rings. The van der Waals surface area contributed by atoms with Crippen LogP contribution < -0.4 is 5.32 Å². The zero-order chi connectivity index (χ0) is 16.5. The highest BCUT2D eigenvalue weighted by atomic mass is 127. The van der Waals surface area contributed by atoms with Gasteiger partial charge in [0, 0.05) is 45.0 Å². The molecular weight excluding hydrogens is 427 g/mol. The van der Waals surface area contributed by atoms with E-state index in [0.29, 0.717) is 0 Å². The summed E-state index contributed by atoms with van der Waals surface area (Å²) in [5, 5.41) is 3.53. The molecule has 2 fully saturated rings. The third kappa shape index (κ3) is 7.11. The van der Waals surface area contributed by atoms with Crippen molar-refractivity contribution in [2.75, 3.05) is 57.8 Å². The summed E-state index contributed by atoms with van der Waals surface area (Å²) in [6.45, 7) is 8.09. The van der Waals surface area contributed by atoms with Crippen molar-refractivity contribution in [3.63, 3.8) is 0 Å². The van der Waals surface area contributed by atoms with Gasteiger partial charge >= 0.3 is 0 Å². The van der Waals surface area contributed by atoms with E-state index in [9.17, 15) is 0 Å². The summed E-state index contributed by atoms with van der Waals surface area (Å²) in [6.07, 6.45) is 4.98. The molecule has 0 aliphatic carbocycles. The molecule has 3 rings (SSSR count). The highest BCUT2D eigenvalue weighted by molar-refractivity contribution is 14.0. The molecule has 0 radical (unpaired) electrons. The van der Waals surface area contributed by atoms with E-state index in [2.05, 4.69) is 39.4 Å². The quantitative estimate of drug-likeness (QED) is 0.318. The molecule has 25 heavy (non-hydrogen) atoms. The van der Waals surface area contributed by atoms with E-state index in [0.717, 1.165) is 70.6 Å². The molecule has 2 saturated heterocycles. The fourth-order valence-corrected chi connectivity index (χ4v) is 3.28. The zero-order valence-corrected chi connectivity index (χ0v) is 17.4. The minimum atomic E-state index is 0. The summed E-state index contributed by atoms with van der Waals surface area (Å²) in [7, 11) is 0. The summed E-state index contributed by atoms with van der Waals surface area (Å²) in [6, 6.07) is 10.4. The van der Waals surface area contributed by atoms with Gasteiger partial charge in [0.1, 0.15) is 0 Å². The Morgan fingerprint density at radius 2 is 1.72 bits per heavy atom. The Balaban J connectivity index is 0.00000225. The Labute approximate surface area is 168 Å². The average Bonchev–Trinajstić information content (AvgIpc) is 2.66. The van der Waals surface area contributed by atoms with E-state index < -0.39 is 0 Å².